The second-order valence-corrected chi connectivity index (χ2v) is 4.94. The van der Waals surface area contributed by atoms with E-state index in [1.165, 1.54) is 24.8 Å². The van der Waals surface area contributed by atoms with Crippen LogP contribution in [0.3, 0.4) is 0 Å². The predicted octanol–water partition coefficient (Wildman–Crippen LogP) is 3.91. The molecule has 0 spiro atoms. The Balaban J connectivity index is 2.85. The van der Waals surface area contributed by atoms with Gasteiger partial charge in [-0.1, -0.05) is 32.9 Å². The van der Waals surface area contributed by atoms with E-state index in [9.17, 15) is 0 Å². The number of hydrogen-bond donors (Lipinski definition) is 0. The van der Waals surface area contributed by atoms with Crippen LogP contribution in [0, 0.1) is 11.3 Å². The summed E-state index contributed by atoms with van der Waals surface area (Å²) in [5.74, 6) is 0.547. The lowest BCUT2D eigenvalue weighted by Crippen LogP contribution is -2.18. The monoisotopic (exact) mass is 194 g/mol. The van der Waals surface area contributed by atoms with Gasteiger partial charge in [0, 0.05) is 5.92 Å². The summed E-state index contributed by atoms with van der Waals surface area (Å²) in [4.78, 5) is 0. The first-order valence-corrected chi connectivity index (χ1v) is 5.38. The third-order valence-electron chi connectivity index (χ3n) is 2.54. The molecule has 1 aliphatic carbocycles. The molecule has 0 N–H and O–H groups in total. The Morgan fingerprint density at radius 1 is 1.46 bits per heavy atom. The van der Waals surface area contributed by atoms with Gasteiger partial charge in [0.15, 0.2) is 0 Å². The van der Waals surface area contributed by atoms with Gasteiger partial charge in [0.05, 0.1) is 0 Å². The zero-order chi connectivity index (χ0) is 9.90. The van der Waals surface area contributed by atoms with Gasteiger partial charge in [-0.15, -0.1) is 0 Å². The van der Waals surface area contributed by atoms with Gasteiger partial charge in [-0.2, -0.15) is 0 Å². The van der Waals surface area contributed by atoms with Crippen molar-refractivity contribution in [1.82, 2.24) is 0 Å². The van der Waals surface area contributed by atoms with Crippen LogP contribution in [-0.2, 0) is 0 Å². The van der Waals surface area contributed by atoms with E-state index in [0.717, 1.165) is 0 Å². The molecule has 1 heteroatoms. The predicted molar refractivity (Wildman–Crippen MR) is 62.0 cm³/mol. The van der Waals surface area contributed by atoms with Gasteiger partial charge < -0.3 is 0 Å². The van der Waals surface area contributed by atoms with Gasteiger partial charge in [-0.05, 0) is 47.5 Å². The Morgan fingerprint density at radius 3 is 2.54 bits per heavy atom. The molecule has 0 aromatic heterocycles. The van der Waals surface area contributed by atoms with Crippen LogP contribution in [0.15, 0.2) is 17.7 Å². The molecule has 0 heterocycles. The maximum atomic E-state index is 4.98. The Hall–Kier alpha value is -0.390. The van der Waals surface area contributed by atoms with Crippen molar-refractivity contribution in [2.24, 2.45) is 11.3 Å². The van der Waals surface area contributed by atoms with Crippen LogP contribution in [0.2, 0.25) is 0 Å². The number of thiocarbonyl (C=S) groups is 1. The summed E-state index contributed by atoms with van der Waals surface area (Å²) < 4.78 is 0. The van der Waals surface area contributed by atoms with Crippen LogP contribution >= 0.6 is 12.2 Å². The van der Waals surface area contributed by atoms with E-state index in [4.69, 9.17) is 12.2 Å². The lowest BCUT2D eigenvalue weighted by atomic mass is 9.76. The third kappa shape index (κ3) is 2.79. The molecule has 0 saturated heterocycles. The highest BCUT2D eigenvalue weighted by Crippen LogP contribution is 2.34. The SMILES string of the molecule is CC(C)(C)C(=C=S)C1C=CCCC1. The Kier molecular flexibility index (Phi) is 3.47. The number of allylic oxidation sites excluding steroid dienone is 3. The van der Waals surface area contributed by atoms with Crippen molar-refractivity contribution in [3.8, 4) is 0 Å². The number of hydrogen-bond acceptors (Lipinski definition) is 1. The minimum atomic E-state index is 0.175. The maximum absolute atomic E-state index is 4.98. The molecule has 0 bridgehead atoms. The van der Waals surface area contributed by atoms with Gasteiger partial charge in [-0.25, -0.2) is 0 Å². The van der Waals surface area contributed by atoms with Gasteiger partial charge in [0.25, 0.3) is 0 Å². The second-order valence-electron chi connectivity index (χ2n) is 4.73. The highest BCUT2D eigenvalue weighted by Gasteiger charge is 2.24. The van der Waals surface area contributed by atoms with Gasteiger partial charge in [-0.3, -0.25) is 0 Å². The first-order valence-electron chi connectivity index (χ1n) is 4.98. The van der Waals surface area contributed by atoms with Crippen molar-refractivity contribution in [3.05, 3.63) is 17.7 Å². The molecule has 0 radical (unpaired) electrons. The van der Waals surface area contributed by atoms with E-state index in [2.05, 4.69) is 37.9 Å². The van der Waals surface area contributed by atoms with Crippen LogP contribution < -0.4 is 0 Å². The molecule has 1 unspecified atom stereocenters. The van der Waals surface area contributed by atoms with Crippen LogP contribution in [-0.4, -0.2) is 5.02 Å². The second kappa shape index (κ2) is 4.21. The highest BCUT2D eigenvalue weighted by atomic mass is 32.1. The van der Waals surface area contributed by atoms with Gasteiger partial charge in [0.2, 0.25) is 0 Å². The fraction of sp³-hybridized carbons (Fsp3) is 0.667. The summed E-state index contributed by atoms with van der Waals surface area (Å²) in [6.07, 6.45) is 8.33. The molecular formula is C12H18S. The fourth-order valence-corrected chi connectivity index (χ4v) is 2.30. The van der Waals surface area contributed by atoms with Crippen LogP contribution in [0.4, 0.5) is 0 Å². The smallest absolute Gasteiger partial charge is 0.00667 e. The van der Waals surface area contributed by atoms with E-state index in [0.29, 0.717) is 5.92 Å². The first-order chi connectivity index (χ1) is 6.05. The molecule has 0 aromatic carbocycles. The normalized spacial score (nSPS) is 22.5. The average molecular weight is 194 g/mol. The first kappa shape index (κ1) is 10.7. The molecule has 0 nitrogen and oxygen atoms in total. The molecule has 0 saturated carbocycles. The molecular weight excluding hydrogens is 176 g/mol. The van der Waals surface area contributed by atoms with Crippen molar-refractivity contribution in [3.63, 3.8) is 0 Å². The van der Waals surface area contributed by atoms with Crippen molar-refractivity contribution < 1.29 is 0 Å². The molecule has 1 aliphatic rings. The Bertz CT molecular complexity index is 249. The summed E-state index contributed by atoms with van der Waals surface area (Å²) >= 11 is 4.98. The molecule has 1 rings (SSSR count). The summed E-state index contributed by atoms with van der Waals surface area (Å²) in [5, 5.41) is 2.96. The minimum absolute atomic E-state index is 0.175. The summed E-state index contributed by atoms with van der Waals surface area (Å²) in [7, 11) is 0. The van der Waals surface area contributed by atoms with E-state index < -0.39 is 0 Å². The lowest BCUT2D eigenvalue weighted by molar-refractivity contribution is 0.438. The Labute approximate surface area is 86.7 Å². The van der Waals surface area contributed by atoms with E-state index in [1.807, 2.05) is 0 Å². The summed E-state index contributed by atoms with van der Waals surface area (Å²) in [5.41, 5.74) is 1.46. The molecule has 0 aromatic rings. The van der Waals surface area contributed by atoms with Crippen molar-refractivity contribution >= 4 is 17.2 Å². The van der Waals surface area contributed by atoms with Crippen LogP contribution in [0.5, 0.6) is 0 Å². The maximum Gasteiger partial charge on any atom is 0.00667 e. The van der Waals surface area contributed by atoms with Gasteiger partial charge >= 0.3 is 0 Å². The summed E-state index contributed by atoms with van der Waals surface area (Å²) in [6.45, 7) is 6.64. The highest BCUT2D eigenvalue weighted by molar-refractivity contribution is 7.78. The molecule has 1 atom stereocenters. The standard InChI is InChI=1S/C12H18S/c1-12(2,3)11(9-13)10-7-5-4-6-8-10/h5,7,10H,4,6,8H2,1-3H3. The Morgan fingerprint density at radius 2 is 2.15 bits per heavy atom. The largest absolute Gasteiger partial charge is 0.0879 e. The van der Waals surface area contributed by atoms with Crippen molar-refractivity contribution in [2.75, 3.05) is 0 Å². The molecule has 0 amide bonds. The molecule has 0 fully saturated rings. The average Bonchev–Trinajstić information content (AvgIpc) is 2.05. The quantitative estimate of drug-likeness (QED) is 0.450. The number of rotatable bonds is 1. The third-order valence-corrected chi connectivity index (χ3v) is 2.76. The van der Waals surface area contributed by atoms with E-state index in [1.54, 1.807) is 0 Å². The van der Waals surface area contributed by atoms with E-state index >= 15 is 0 Å². The summed E-state index contributed by atoms with van der Waals surface area (Å²) in [6, 6.07) is 0. The fourth-order valence-electron chi connectivity index (χ4n) is 1.84. The molecule has 72 valence electrons. The van der Waals surface area contributed by atoms with Gasteiger partial charge in [0.1, 0.15) is 0 Å². The zero-order valence-electron chi connectivity index (χ0n) is 8.76. The zero-order valence-corrected chi connectivity index (χ0v) is 9.58. The van der Waals surface area contributed by atoms with Crippen molar-refractivity contribution in [2.45, 2.75) is 40.0 Å². The molecule has 0 aliphatic heterocycles. The lowest BCUT2D eigenvalue weighted by Gasteiger charge is -2.28. The van der Waals surface area contributed by atoms with Crippen LogP contribution in [0.1, 0.15) is 40.0 Å². The van der Waals surface area contributed by atoms with Crippen LogP contribution in [0.25, 0.3) is 0 Å². The molecule has 13 heavy (non-hydrogen) atoms. The van der Waals surface area contributed by atoms with Crippen molar-refractivity contribution in [1.29, 1.82) is 0 Å². The minimum Gasteiger partial charge on any atom is -0.0879 e. The topological polar surface area (TPSA) is 0 Å². The van der Waals surface area contributed by atoms with E-state index in [-0.39, 0.29) is 5.41 Å².